The fourth-order valence-electron chi connectivity index (χ4n) is 2.03. The van der Waals surface area contributed by atoms with Crippen LogP contribution in [0.2, 0.25) is 0 Å². The van der Waals surface area contributed by atoms with Gasteiger partial charge in [-0.2, -0.15) is 0 Å². The van der Waals surface area contributed by atoms with Gasteiger partial charge >= 0.3 is 4.87 Å². The van der Waals surface area contributed by atoms with Gasteiger partial charge in [0.15, 0.2) is 6.61 Å². The molecule has 0 N–H and O–H groups in total. The number of hydrogen-bond acceptors (Lipinski definition) is 7. The minimum atomic E-state index is 0.0609. The van der Waals surface area contributed by atoms with Crippen molar-refractivity contribution in [2.75, 3.05) is 5.75 Å². The molecule has 6 nitrogen and oxygen atoms in total. The van der Waals surface area contributed by atoms with Gasteiger partial charge < -0.3 is 13.7 Å². The van der Waals surface area contributed by atoms with Crippen LogP contribution < -0.4 is 9.61 Å². The lowest BCUT2D eigenvalue weighted by Crippen LogP contribution is -2.15. The van der Waals surface area contributed by atoms with Crippen molar-refractivity contribution in [2.45, 2.75) is 32.2 Å². The van der Waals surface area contributed by atoms with Crippen LogP contribution in [0.4, 0.5) is 0 Å². The van der Waals surface area contributed by atoms with E-state index in [1.807, 2.05) is 43.5 Å². The van der Waals surface area contributed by atoms with Crippen molar-refractivity contribution < 1.29 is 9.15 Å². The lowest BCUT2D eigenvalue weighted by atomic mass is 10.2. The van der Waals surface area contributed by atoms with Crippen molar-refractivity contribution in [3.05, 3.63) is 56.5 Å². The Kier molecular flexibility index (Phi) is 5.37. The summed E-state index contributed by atoms with van der Waals surface area (Å²) in [6, 6.07) is 7.78. The van der Waals surface area contributed by atoms with E-state index in [9.17, 15) is 4.79 Å². The molecule has 2 aromatic heterocycles. The molecule has 0 aliphatic carbocycles. The van der Waals surface area contributed by atoms with E-state index in [2.05, 4.69) is 10.2 Å². The molecule has 0 atom stereocenters. The molecular weight excluding hydrogens is 346 g/mol. The summed E-state index contributed by atoms with van der Waals surface area (Å²) in [5.74, 6) is 1.89. The van der Waals surface area contributed by atoms with Crippen LogP contribution in [0.25, 0.3) is 0 Å². The first-order valence-electron chi connectivity index (χ1n) is 7.41. The fraction of sp³-hybridized carbons (Fsp3) is 0.312. The van der Waals surface area contributed by atoms with Gasteiger partial charge in [-0.3, -0.25) is 4.79 Å². The number of aromatic nitrogens is 3. The molecule has 8 heteroatoms. The Labute approximate surface area is 147 Å². The number of nitrogens with zero attached hydrogens (tertiary/aromatic N) is 3. The highest BCUT2D eigenvalue weighted by atomic mass is 32.2. The standard InChI is InChI=1S/C16H17N3O3S2/c1-11-3-5-13(6-4-11)21-9-14-17-18-15(22-14)23-8-7-19-12(2)10-24-16(19)20/h3-6,10H,7-9H2,1-2H3. The molecular formula is C16H17N3O3S2. The largest absolute Gasteiger partial charge is 0.484 e. The zero-order chi connectivity index (χ0) is 16.9. The molecule has 0 aliphatic heterocycles. The number of hydrogen-bond donors (Lipinski definition) is 0. The molecule has 24 heavy (non-hydrogen) atoms. The van der Waals surface area contributed by atoms with E-state index < -0.39 is 0 Å². The number of rotatable bonds is 7. The maximum absolute atomic E-state index is 11.6. The first-order valence-corrected chi connectivity index (χ1v) is 9.28. The minimum Gasteiger partial charge on any atom is -0.484 e. The Morgan fingerprint density at radius 2 is 2.04 bits per heavy atom. The fourth-order valence-corrected chi connectivity index (χ4v) is 3.50. The molecule has 0 bridgehead atoms. The van der Waals surface area contributed by atoms with Crippen LogP contribution in [-0.2, 0) is 13.2 Å². The third kappa shape index (κ3) is 4.27. The highest BCUT2D eigenvalue weighted by molar-refractivity contribution is 7.99. The molecule has 0 unspecified atom stereocenters. The van der Waals surface area contributed by atoms with Crippen LogP contribution in [0, 0.1) is 13.8 Å². The van der Waals surface area contributed by atoms with Gasteiger partial charge in [-0.25, -0.2) is 0 Å². The zero-order valence-corrected chi connectivity index (χ0v) is 15.0. The summed E-state index contributed by atoms with van der Waals surface area (Å²) in [5, 5.41) is 10.3. The summed E-state index contributed by atoms with van der Waals surface area (Å²) < 4.78 is 12.9. The number of ether oxygens (including phenoxy) is 1. The zero-order valence-electron chi connectivity index (χ0n) is 13.4. The minimum absolute atomic E-state index is 0.0609. The SMILES string of the molecule is Cc1ccc(OCc2nnc(SCCn3c(C)csc3=O)o2)cc1. The second-order valence-electron chi connectivity index (χ2n) is 5.21. The predicted molar refractivity (Wildman–Crippen MR) is 93.8 cm³/mol. The van der Waals surface area contributed by atoms with Gasteiger partial charge in [-0.05, 0) is 26.0 Å². The number of thiazole rings is 1. The summed E-state index contributed by atoms with van der Waals surface area (Å²) in [7, 11) is 0. The summed E-state index contributed by atoms with van der Waals surface area (Å²) in [4.78, 5) is 11.7. The van der Waals surface area contributed by atoms with Gasteiger partial charge in [0.25, 0.3) is 11.1 Å². The normalized spacial score (nSPS) is 10.9. The Bertz CT molecular complexity index is 852. The molecule has 2 heterocycles. The van der Waals surface area contributed by atoms with Gasteiger partial charge in [0.2, 0.25) is 0 Å². The van der Waals surface area contributed by atoms with E-state index in [0.717, 1.165) is 11.4 Å². The molecule has 3 rings (SSSR count). The second kappa shape index (κ2) is 7.67. The monoisotopic (exact) mass is 363 g/mol. The van der Waals surface area contributed by atoms with E-state index in [0.29, 0.717) is 23.4 Å². The Balaban J connectivity index is 1.48. The summed E-state index contributed by atoms with van der Waals surface area (Å²) in [5.41, 5.74) is 2.15. The van der Waals surface area contributed by atoms with Gasteiger partial charge in [-0.15, -0.1) is 10.2 Å². The van der Waals surface area contributed by atoms with E-state index in [1.165, 1.54) is 28.7 Å². The van der Waals surface area contributed by atoms with Gasteiger partial charge in [0.05, 0.1) is 0 Å². The molecule has 0 spiro atoms. The summed E-state index contributed by atoms with van der Waals surface area (Å²) in [6.45, 7) is 4.81. The van der Waals surface area contributed by atoms with E-state index >= 15 is 0 Å². The second-order valence-corrected chi connectivity index (χ2v) is 7.07. The topological polar surface area (TPSA) is 70.2 Å². The molecule has 3 aromatic rings. The van der Waals surface area contributed by atoms with Crippen molar-refractivity contribution in [1.82, 2.24) is 14.8 Å². The lowest BCUT2D eigenvalue weighted by molar-refractivity contribution is 0.252. The Morgan fingerprint density at radius 1 is 1.25 bits per heavy atom. The van der Waals surface area contributed by atoms with Crippen LogP contribution >= 0.6 is 23.1 Å². The molecule has 126 valence electrons. The Hall–Kier alpha value is -2.06. The van der Waals surface area contributed by atoms with Crippen LogP contribution in [-0.4, -0.2) is 20.5 Å². The van der Waals surface area contributed by atoms with Crippen molar-refractivity contribution in [3.63, 3.8) is 0 Å². The third-order valence-corrected chi connectivity index (χ3v) is 5.03. The molecule has 0 fully saturated rings. The average molecular weight is 363 g/mol. The molecule has 0 saturated heterocycles. The van der Waals surface area contributed by atoms with Gasteiger partial charge in [-0.1, -0.05) is 40.8 Å². The first kappa shape index (κ1) is 16.8. The van der Waals surface area contributed by atoms with Crippen LogP contribution in [0.15, 0.2) is 44.1 Å². The summed E-state index contributed by atoms with van der Waals surface area (Å²) >= 11 is 2.65. The molecule has 0 aliphatic rings. The van der Waals surface area contributed by atoms with E-state index in [4.69, 9.17) is 9.15 Å². The van der Waals surface area contributed by atoms with Gasteiger partial charge in [0.1, 0.15) is 5.75 Å². The Morgan fingerprint density at radius 3 is 2.75 bits per heavy atom. The average Bonchev–Trinajstić information content (AvgIpc) is 3.15. The van der Waals surface area contributed by atoms with Crippen LogP contribution in [0.3, 0.4) is 0 Å². The van der Waals surface area contributed by atoms with Crippen molar-refractivity contribution in [1.29, 1.82) is 0 Å². The first-order chi connectivity index (χ1) is 11.6. The van der Waals surface area contributed by atoms with Crippen LogP contribution in [0.5, 0.6) is 5.75 Å². The molecule has 1 aromatic carbocycles. The van der Waals surface area contributed by atoms with Crippen molar-refractivity contribution >= 4 is 23.1 Å². The maximum Gasteiger partial charge on any atom is 0.307 e. The highest BCUT2D eigenvalue weighted by Gasteiger charge is 2.09. The predicted octanol–water partition coefficient (Wildman–Crippen LogP) is 3.28. The smallest absolute Gasteiger partial charge is 0.307 e. The summed E-state index contributed by atoms with van der Waals surface area (Å²) in [6.07, 6.45) is 0. The quantitative estimate of drug-likeness (QED) is 0.600. The molecule has 0 amide bonds. The molecule has 0 saturated carbocycles. The van der Waals surface area contributed by atoms with Crippen molar-refractivity contribution in [2.24, 2.45) is 0 Å². The van der Waals surface area contributed by atoms with E-state index in [-0.39, 0.29) is 11.5 Å². The highest BCUT2D eigenvalue weighted by Crippen LogP contribution is 2.18. The number of benzene rings is 1. The van der Waals surface area contributed by atoms with E-state index in [1.54, 1.807) is 4.57 Å². The third-order valence-electron chi connectivity index (χ3n) is 3.35. The lowest BCUT2D eigenvalue weighted by Gasteiger charge is -2.03. The van der Waals surface area contributed by atoms with Crippen molar-refractivity contribution in [3.8, 4) is 5.75 Å². The van der Waals surface area contributed by atoms with Gasteiger partial charge in [0, 0.05) is 23.4 Å². The number of aryl methyl sites for hydroxylation is 2. The maximum atomic E-state index is 11.6. The number of thioether (sulfide) groups is 1. The molecule has 0 radical (unpaired) electrons. The van der Waals surface area contributed by atoms with Crippen LogP contribution in [0.1, 0.15) is 17.1 Å².